The lowest BCUT2D eigenvalue weighted by atomic mass is 9.78. The van der Waals surface area contributed by atoms with Crippen LogP contribution >= 0.6 is 0 Å². The second kappa shape index (κ2) is 9.83. The van der Waals surface area contributed by atoms with E-state index < -0.39 is 0 Å². The zero-order valence-corrected chi connectivity index (χ0v) is 17.4. The Morgan fingerprint density at radius 3 is 1.55 bits per heavy atom. The third kappa shape index (κ3) is 4.93. The summed E-state index contributed by atoms with van der Waals surface area (Å²) in [5.74, 6) is 1.07. The second-order valence-electron chi connectivity index (χ2n) is 8.73. The second-order valence-corrected chi connectivity index (χ2v) is 8.73. The van der Waals surface area contributed by atoms with Crippen LogP contribution in [0.25, 0.3) is 0 Å². The van der Waals surface area contributed by atoms with E-state index >= 15 is 0 Å². The minimum atomic E-state index is 0.142. The maximum absolute atomic E-state index is 10.2. The summed E-state index contributed by atoms with van der Waals surface area (Å²) < 4.78 is 0. The average molecular weight is 388 g/mol. The van der Waals surface area contributed by atoms with E-state index in [1.807, 2.05) is 0 Å². The molecule has 2 aromatic rings. The van der Waals surface area contributed by atoms with Crippen molar-refractivity contribution in [2.45, 2.75) is 38.5 Å². The van der Waals surface area contributed by atoms with Gasteiger partial charge >= 0.3 is 0 Å². The number of hydrogen-bond acceptors (Lipinski definition) is 3. The standard InChI is InChI=1S/C26H33N3/c27-19-26(22-11-7-9-17-28(20-22)24-13-3-1-4-14-24)23-12-8-10-18-29(21-23)25-15-5-2-6-16-25/h1-6,13-16,22-23,26H,7-12,17-18,20-21H2. The molecule has 152 valence electrons. The van der Waals surface area contributed by atoms with Crippen LogP contribution in [0.5, 0.6) is 0 Å². The Kier molecular flexibility index (Phi) is 6.72. The summed E-state index contributed by atoms with van der Waals surface area (Å²) in [6, 6.07) is 24.3. The predicted molar refractivity (Wildman–Crippen MR) is 121 cm³/mol. The number of benzene rings is 2. The maximum atomic E-state index is 10.2. The average Bonchev–Trinajstić information content (AvgIpc) is 3.17. The van der Waals surface area contributed by atoms with E-state index in [4.69, 9.17) is 0 Å². The summed E-state index contributed by atoms with van der Waals surface area (Å²) in [7, 11) is 0. The summed E-state index contributed by atoms with van der Waals surface area (Å²) in [5.41, 5.74) is 2.62. The van der Waals surface area contributed by atoms with Gasteiger partial charge < -0.3 is 9.80 Å². The quantitative estimate of drug-likeness (QED) is 0.670. The van der Waals surface area contributed by atoms with Crippen LogP contribution in [0.3, 0.4) is 0 Å². The van der Waals surface area contributed by atoms with Gasteiger partial charge in [0.25, 0.3) is 0 Å². The third-order valence-corrected chi connectivity index (χ3v) is 6.82. The highest BCUT2D eigenvalue weighted by Crippen LogP contribution is 2.35. The van der Waals surface area contributed by atoms with Crippen molar-refractivity contribution in [1.29, 1.82) is 5.26 Å². The SMILES string of the molecule is N#CC(C1CCCCN(c2ccccc2)C1)C1CCCCN(c2ccccc2)C1. The Morgan fingerprint density at radius 2 is 1.14 bits per heavy atom. The topological polar surface area (TPSA) is 30.3 Å². The molecule has 3 heteroatoms. The fraction of sp³-hybridized carbons (Fsp3) is 0.500. The van der Waals surface area contributed by atoms with E-state index in [1.54, 1.807) is 0 Å². The normalized spacial score (nSPS) is 24.2. The highest BCUT2D eigenvalue weighted by atomic mass is 15.1. The maximum Gasteiger partial charge on any atom is 0.0663 e. The largest absolute Gasteiger partial charge is 0.371 e. The first-order valence-corrected chi connectivity index (χ1v) is 11.3. The monoisotopic (exact) mass is 387 g/mol. The molecule has 2 saturated heterocycles. The van der Waals surface area contributed by atoms with Crippen molar-refractivity contribution in [2.75, 3.05) is 36.0 Å². The number of para-hydroxylation sites is 2. The molecule has 3 nitrogen and oxygen atoms in total. The first kappa shape index (κ1) is 19.8. The molecule has 2 atom stereocenters. The molecule has 2 aromatic carbocycles. The molecule has 29 heavy (non-hydrogen) atoms. The molecular weight excluding hydrogens is 354 g/mol. The minimum Gasteiger partial charge on any atom is -0.371 e. The van der Waals surface area contributed by atoms with Crippen LogP contribution < -0.4 is 9.80 Å². The van der Waals surface area contributed by atoms with E-state index in [0.717, 1.165) is 26.2 Å². The van der Waals surface area contributed by atoms with Crippen LogP contribution in [0.4, 0.5) is 11.4 Å². The van der Waals surface area contributed by atoms with Gasteiger partial charge in [-0.15, -0.1) is 0 Å². The van der Waals surface area contributed by atoms with Crippen LogP contribution in [-0.4, -0.2) is 26.2 Å². The zero-order valence-electron chi connectivity index (χ0n) is 17.4. The zero-order chi connectivity index (χ0) is 19.9. The van der Waals surface area contributed by atoms with Crippen molar-refractivity contribution in [3.63, 3.8) is 0 Å². The summed E-state index contributed by atoms with van der Waals surface area (Å²) >= 11 is 0. The van der Waals surface area contributed by atoms with E-state index in [-0.39, 0.29) is 5.92 Å². The third-order valence-electron chi connectivity index (χ3n) is 6.82. The molecule has 4 rings (SSSR count). The van der Waals surface area contributed by atoms with Crippen LogP contribution in [-0.2, 0) is 0 Å². The van der Waals surface area contributed by atoms with Crippen molar-refractivity contribution in [3.8, 4) is 6.07 Å². The van der Waals surface area contributed by atoms with E-state index in [9.17, 15) is 5.26 Å². The fourth-order valence-electron chi connectivity index (χ4n) is 5.28. The van der Waals surface area contributed by atoms with Gasteiger partial charge in [0.15, 0.2) is 0 Å². The Hall–Kier alpha value is -2.47. The van der Waals surface area contributed by atoms with E-state index in [0.29, 0.717) is 11.8 Å². The number of anilines is 2. The Morgan fingerprint density at radius 1 is 0.690 bits per heavy atom. The van der Waals surface area contributed by atoms with Crippen molar-refractivity contribution in [1.82, 2.24) is 0 Å². The first-order chi connectivity index (χ1) is 14.3. The van der Waals surface area contributed by atoms with E-state index in [2.05, 4.69) is 76.5 Å². The molecule has 0 N–H and O–H groups in total. The molecule has 2 heterocycles. The first-order valence-electron chi connectivity index (χ1n) is 11.3. The van der Waals surface area contributed by atoms with Gasteiger partial charge in [0.05, 0.1) is 12.0 Å². The van der Waals surface area contributed by atoms with Gasteiger partial charge in [0.2, 0.25) is 0 Å². The van der Waals surface area contributed by atoms with Gasteiger partial charge in [-0.3, -0.25) is 0 Å². The van der Waals surface area contributed by atoms with Crippen LogP contribution in [0.15, 0.2) is 60.7 Å². The van der Waals surface area contributed by atoms with Gasteiger partial charge in [-0.1, -0.05) is 49.2 Å². The number of hydrogen-bond donors (Lipinski definition) is 0. The lowest BCUT2D eigenvalue weighted by Crippen LogP contribution is -2.37. The minimum absolute atomic E-state index is 0.142. The van der Waals surface area contributed by atoms with Crippen molar-refractivity contribution in [2.24, 2.45) is 17.8 Å². The summed E-state index contributed by atoms with van der Waals surface area (Å²) in [5, 5.41) is 10.2. The molecule has 0 spiro atoms. The Labute approximate surface area is 175 Å². The molecule has 0 saturated carbocycles. The van der Waals surface area contributed by atoms with Crippen molar-refractivity contribution in [3.05, 3.63) is 60.7 Å². The molecule has 2 unspecified atom stereocenters. The lowest BCUT2D eigenvalue weighted by Gasteiger charge is -2.34. The summed E-state index contributed by atoms with van der Waals surface area (Å²) in [6.45, 7) is 4.26. The Balaban J connectivity index is 1.51. The molecule has 2 aliphatic rings. The molecule has 0 aromatic heterocycles. The van der Waals surface area contributed by atoms with Gasteiger partial charge in [0.1, 0.15) is 0 Å². The van der Waals surface area contributed by atoms with Gasteiger partial charge in [0, 0.05) is 37.6 Å². The number of nitrogens with zero attached hydrogens (tertiary/aromatic N) is 3. The van der Waals surface area contributed by atoms with Gasteiger partial charge in [-0.2, -0.15) is 5.26 Å². The molecule has 0 aliphatic carbocycles. The molecule has 0 radical (unpaired) electrons. The van der Waals surface area contributed by atoms with Crippen molar-refractivity contribution < 1.29 is 0 Å². The van der Waals surface area contributed by atoms with Gasteiger partial charge in [-0.25, -0.2) is 0 Å². The van der Waals surface area contributed by atoms with Crippen molar-refractivity contribution >= 4 is 11.4 Å². The molecule has 2 fully saturated rings. The smallest absolute Gasteiger partial charge is 0.0663 e. The number of rotatable bonds is 4. The highest BCUT2D eigenvalue weighted by Gasteiger charge is 2.34. The summed E-state index contributed by atoms with van der Waals surface area (Å²) in [4.78, 5) is 5.04. The molecular formula is C26H33N3. The molecule has 0 amide bonds. The fourth-order valence-corrected chi connectivity index (χ4v) is 5.28. The number of nitriles is 1. The van der Waals surface area contributed by atoms with Crippen LogP contribution in [0.1, 0.15) is 38.5 Å². The Bertz CT molecular complexity index is 721. The van der Waals surface area contributed by atoms with Crippen LogP contribution in [0.2, 0.25) is 0 Å². The van der Waals surface area contributed by atoms with Gasteiger partial charge in [-0.05, 0) is 61.8 Å². The van der Waals surface area contributed by atoms with Crippen LogP contribution in [0, 0.1) is 29.1 Å². The predicted octanol–water partition coefficient (Wildman–Crippen LogP) is 5.74. The lowest BCUT2D eigenvalue weighted by molar-refractivity contribution is 0.271. The summed E-state index contributed by atoms with van der Waals surface area (Å²) in [6.07, 6.45) is 7.30. The molecule has 0 bridgehead atoms. The molecule has 2 aliphatic heterocycles. The van der Waals surface area contributed by atoms with E-state index in [1.165, 1.54) is 49.9 Å². The highest BCUT2D eigenvalue weighted by molar-refractivity contribution is 5.47.